The van der Waals surface area contributed by atoms with Crippen LogP contribution in [-0.2, 0) is 9.53 Å². The first-order valence-corrected chi connectivity index (χ1v) is 8.96. The van der Waals surface area contributed by atoms with E-state index in [9.17, 15) is 14.7 Å². The predicted molar refractivity (Wildman–Crippen MR) is 96.2 cm³/mol. The molecule has 0 radical (unpaired) electrons. The number of methoxy groups -OCH3 is 1. The smallest absolute Gasteiger partial charge is 0.354 e. The second-order valence-corrected chi connectivity index (χ2v) is 6.84. The molecule has 1 aliphatic rings. The van der Waals surface area contributed by atoms with Gasteiger partial charge in [0.05, 0.1) is 25.3 Å². The van der Waals surface area contributed by atoms with Gasteiger partial charge in [-0.1, -0.05) is 30.3 Å². The fraction of sp³-hybridized carbons (Fsp3) is 0.450. The number of ether oxygens (including phenoxy) is 1. The van der Waals surface area contributed by atoms with Gasteiger partial charge in [0, 0.05) is 5.92 Å². The van der Waals surface area contributed by atoms with Gasteiger partial charge in [0.2, 0.25) is 0 Å². The summed E-state index contributed by atoms with van der Waals surface area (Å²) in [6, 6.07) is 9.70. The highest BCUT2D eigenvalue weighted by atomic mass is 16.5. The van der Waals surface area contributed by atoms with Crippen molar-refractivity contribution in [1.29, 1.82) is 0 Å². The highest BCUT2D eigenvalue weighted by molar-refractivity contribution is 5.85. The summed E-state index contributed by atoms with van der Waals surface area (Å²) in [5.41, 5.74) is 1.24. The minimum Gasteiger partial charge on any atom is -0.477 e. The summed E-state index contributed by atoms with van der Waals surface area (Å²) in [5, 5.41) is 9.60. The van der Waals surface area contributed by atoms with Crippen molar-refractivity contribution in [1.82, 2.24) is 9.55 Å². The second kappa shape index (κ2) is 7.72. The van der Waals surface area contributed by atoms with Gasteiger partial charge in [0.15, 0.2) is 0 Å². The molecule has 6 nitrogen and oxygen atoms in total. The van der Waals surface area contributed by atoms with Crippen LogP contribution in [0.15, 0.2) is 36.5 Å². The van der Waals surface area contributed by atoms with Gasteiger partial charge in [-0.2, -0.15) is 0 Å². The zero-order valence-corrected chi connectivity index (χ0v) is 15.1. The number of nitrogens with zero attached hydrogens (tertiary/aromatic N) is 2. The number of carboxylic acids is 1. The minimum absolute atomic E-state index is 0.0647. The van der Waals surface area contributed by atoms with Crippen molar-refractivity contribution in [3.8, 4) is 0 Å². The Balaban J connectivity index is 1.89. The monoisotopic (exact) mass is 356 g/mol. The highest BCUT2D eigenvalue weighted by Crippen LogP contribution is 2.37. The van der Waals surface area contributed by atoms with Crippen LogP contribution in [0.3, 0.4) is 0 Å². The van der Waals surface area contributed by atoms with E-state index in [1.54, 1.807) is 0 Å². The molecule has 0 unspecified atom stereocenters. The molecule has 1 atom stereocenters. The first-order valence-electron chi connectivity index (χ1n) is 8.96. The van der Waals surface area contributed by atoms with Gasteiger partial charge in [-0.05, 0) is 38.2 Å². The number of hydrogen-bond acceptors (Lipinski definition) is 4. The third-order valence-corrected chi connectivity index (χ3v) is 5.34. The van der Waals surface area contributed by atoms with Gasteiger partial charge in [0.25, 0.3) is 0 Å². The lowest BCUT2D eigenvalue weighted by Gasteiger charge is -2.28. The number of imidazole rings is 1. The van der Waals surface area contributed by atoms with Crippen LogP contribution in [0.1, 0.15) is 66.4 Å². The number of esters is 1. The minimum atomic E-state index is -0.977. The molecule has 26 heavy (non-hydrogen) atoms. The molecule has 138 valence electrons. The van der Waals surface area contributed by atoms with E-state index in [1.807, 2.05) is 41.8 Å². The van der Waals surface area contributed by atoms with Gasteiger partial charge in [-0.15, -0.1) is 0 Å². The molecule has 3 rings (SSSR count). The van der Waals surface area contributed by atoms with E-state index in [0.29, 0.717) is 0 Å². The number of benzene rings is 1. The Morgan fingerprint density at radius 2 is 1.85 bits per heavy atom. The highest BCUT2D eigenvalue weighted by Gasteiger charge is 2.32. The molecule has 1 heterocycles. The number of aromatic nitrogens is 2. The van der Waals surface area contributed by atoms with Crippen molar-refractivity contribution < 1.29 is 19.4 Å². The first kappa shape index (κ1) is 18.2. The van der Waals surface area contributed by atoms with Crippen LogP contribution in [0.25, 0.3) is 0 Å². The Kier molecular flexibility index (Phi) is 5.40. The normalized spacial score (nSPS) is 21.2. The Hall–Kier alpha value is -2.63. The molecule has 0 spiro atoms. The standard InChI is InChI=1S/C20H24N2O4/c1-13(14-6-4-3-5-7-14)22-17(19(23)24)12-21-18(22)15-8-10-16(11-9-15)20(25)26-2/h3-7,12-13,15-16H,8-11H2,1-2H3,(H,23,24)/t13-,15?,16?/m1/s1. The molecule has 6 heteroatoms. The van der Waals surface area contributed by atoms with Gasteiger partial charge in [0.1, 0.15) is 11.5 Å². The number of aromatic carboxylic acids is 1. The van der Waals surface area contributed by atoms with Crippen LogP contribution in [-0.4, -0.2) is 33.7 Å². The molecule has 1 fully saturated rings. The van der Waals surface area contributed by atoms with Gasteiger partial charge < -0.3 is 14.4 Å². The van der Waals surface area contributed by atoms with E-state index in [0.717, 1.165) is 37.1 Å². The van der Waals surface area contributed by atoms with Crippen molar-refractivity contribution in [2.45, 2.75) is 44.6 Å². The number of carboxylic acid groups (broad SMARTS) is 1. The Labute approximate surface area is 152 Å². The molecular weight excluding hydrogens is 332 g/mol. The summed E-state index contributed by atoms with van der Waals surface area (Å²) in [4.78, 5) is 27.9. The lowest BCUT2D eigenvalue weighted by molar-refractivity contribution is -0.146. The van der Waals surface area contributed by atoms with E-state index in [4.69, 9.17) is 4.74 Å². The van der Waals surface area contributed by atoms with E-state index in [-0.39, 0.29) is 29.5 Å². The third-order valence-electron chi connectivity index (χ3n) is 5.34. The van der Waals surface area contributed by atoms with Crippen molar-refractivity contribution in [3.63, 3.8) is 0 Å². The molecule has 1 aliphatic carbocycles. The van der Waals surface area contributed by atoms with Gasteiger partial charge in [-0.3, -0.25) is 4.79 Å². The summed E-state index contributed by atoms with van der Waals surface area (Å²) < 4.78 is 6.68. The molecular formula is C20H24N2O4. The van der Waals surface area contributed by atoms with Crippen molar-refractivity contribution in [3.05, 3.63) is 53.6 Å². The number of hydrogen-bond donors (Lipinski definition) is 1. The van der Waals surface area contributed by atoms with Crippen LogP contribution < -0.4 is 0 Å². The number of rotatable bonds is 5. The van der Waals surface area contributed by atoms with Crippen LogP contribution in [0.4, 0.5) is 0 Å². The maximum Gasteiger partial charge on any atom is 0.354 e. The van der Waals surface area contributed by atoms with E-state index >= 15 is 0 Å². The molecule has 1 N–H and O–H groups in total. The summed E-state index contributed by atoms with van der Waals surface area (Å²) in [7, 11) is 1.42. The lowest BCUT2D eigenvalue weighted by Crippen LogP contribution is -2.25. The van der Waals surface area contributed by atoms with E-state index in [1.165, 1.54) is 13.3 Å². The molecule has 0 amide bonds. The van der Waals surface area contributed by atoms with Crippen molar-refractivity contribution >= 4 is 11.9 Å². The maximum absolute atomic E-state index is 11.7. The Morgan fingerprint density at radius 1 is 1.19 bits per heavy atom. The quantitative estimate of drug-likeness (QED) is 0.827. The predicted octanol–water partition coefficient (Wildman–Crippen LogP) is 3.64. The number of carbonyl (C=O) groups is 2. The summed E-state index contributed by atoms with van der Waals surface area (Å²) in [5.74, 6) is -0.257. The molecule has 1 aromatic carbocycles. The number of carbonyl (C=O) groups excluding carboxylic acids is 1. The summed E-state index contributed by atoms with van der Waals surface area (Å²) >= 11 is 0. The van der Waals surface area contributed by atoms with Crippen LogP contribution in [0.5, 0.6) is 0 Å². The van der Waals surface area contributed by atoms with Crippen LogP contribution in [0.2, 0.25) is 0 Å². The lowest BCUT2D eigenvalue weighted by atomic mass is 9.81. The van der Waals surface area contributed by atoms with Crippen LogP contribution in [0, 0.1) is 5.92 Å². The zero-order valence-electron chi connectivity index (χ0n) is 15.1. The zero-order chi connectivity index (χ0) is 18.7. The van der Waals surface area contributed by atoms with Gasteiger partial charge in [-0.25, -0.2) is 9.78 Å². The first-order chi connectivity index (χ1) is 12.5. The average molecular weight is 356 g/mol. The van der Waals surface area contributed by atoms with Gasteiger partial charge >= 0.3 is 11.9 Å². The largest absolute Gasteiger partial charge is 0.477 e. The molecule has 1 saturated carbocycles. The molecule has 1 aromatic heterocycles. The Morgan fingerprint density at radius 3 is 2.42 bits per heavy atom. The van der Waals surface area contributed by atoms with E-state index in [2.05, 4.69) is 4.98 Å². The third kappa shape index (κ3) is 3.49. The maximum atomic E-state index is 11.7. The molecule has 0 aliphatic heterocycles. The molecule has 2 aromatic rings. The average Bonchev–Trinajstić information content (AvgIpc) is 3.13. The van der Waals surface area contributed by atoms with Crippen LogP contribution >= 0.6 is 0 Å². The fourth-order valence-corrected chi connectivity index (χ4v) is 3.88. The fourth-order valence-electron chi connectivity index (χ4n) is 3.88. The van der Waals surface area contributed by atoms with Crippen molar-refractivity contribution in [2.75, 3.05) is 7.11 Å². The second-order valence-electron chi connectivity index (χ2n) is 6.84. The molecule has 0 saturated heterocycles. The molecule has 0 bridgehead atoms. The summed E-state index contributed by atoms with van der Waals surface area (Å²) in [6.07, 6.45) is 4.54. The SMILES string of the molecule is COC(=O)C1CCC(c2ncc(C(=O)O)n2[C@H](C)c2ccccc2)CC1. The Bertz CT molecular complexity index is 776. The van der Waals surface area contributed by atoms with Crippen molar-refractivity contribution in [2.24, 2.45) is 5.92 Å². The summed E-state index contributed by atoms with van der Waals surface area (Å²) in [6.45, 7) is 1.99. The topological polar surface area (TPSA) is 81.4 Å². The van der Waals surface area contributed by atoms with E-state index < -0.39 is 5.97 Å².